The first kappa shape index (κ1) is 24.1. The third kappa shape index (κ3) is 4.92. The van der Waals surface area contributed by atoms with E-state index in [0.717, 1.165) is 5.56 Å². The van der Waals surface area contributed by atoms with Crippen LogP contribution in [0.15, 0.2) is 28.8 Å². The van der Waals surface area contributed by atoms with E-state index in [-0.39, 0.29) is 37.4 Å². The molecule has 184 valence electrons. The standard InChI is InChI=1S/C22H24F3N3O6/c1-20(10-31-11-20)18(29)28(7-8-33-19(30)21(2)12-32-13-21)9-14-3-5-15(6-4-14)16-26-17(34-27-16)22(23,24)25/h3-6H,7-13H2,1-2H3. The number of ether oxygens (including phenoxy) is 3. The molecule has 1 aromatic carbocycles. The van der Waals surface area contributed by atoms with Crippen molar-refractivity contribution in [2.24, 2.45) is 10.8 Å². The average molecular weight is 483 g/mol. The van der Waals surface area contributed by atoms with E-state index >= 15 is 0 Å². The van der Waals surface area contributed by atoms with Crippen molar-refractivity contribution < 1.29 is 41.5 Å². The Kier molecular flexibility index (Phi) is 6.38. The van der Waals surface area contributed by atoms with Crippen LogP contribution in [-0.4, -0.2) is 66.5 Å². The maximum atomic E-state index is 13.1. The van der Waals surface area contributed by atoms with E-state index in [4.69, 9.17) is 14.2 Å². The van der Waals surface area contributed by atoms with Crippen LogP contribution >= 0.6 is 0 Å². The Bertz CT molecular complexity index is 1040. The maximum Gasteiger partial charge on any atom is 0.471 e. The van der Waals surface area contributed by atoms with Crippen LogP contribution in [-0.2, 0) is 36.5 Å². The number of nitrogens with zero attached hydrogens (tertiary/aromatic N) is 3. The van der Waals surface area contributed by atoms with E-state index in [2.05, 4.69) is 14.7 Å². The van der Waals surface area contributed by atoms with E-state index in [9.17, 15) is 22.8 Å². The normalized spacial score (nSPS) is 18.5. The number of esters is 1. The summed E-state index contributed by atoms with van der Waals surface area (Å²) in [5.74, 6) is -2.11. The van der Waals surface area contributed by atoms with E-state index in [0.29, 0.717) is 32.0 Å². The van der Waals surface area contributed by atoms with Gasteiger partial charge in [0, 0.05) is 12.1 Å². The molecule has 3 heterocycles. The number of rotatable bonds is 8. The molecule has 4 rings (SSSR count). The van der Waals surface area contributed by atoms with E-state index in [1.807, 2.05) is 6.92 Å². The fraction of sp³-hybridized carbons (Fsp3) is 0.545. The van der Waals surface area contributed by atoms with Crippen LogP contribution < -0.4 is 0 Å². The lowest BCUT2D eigenvalue weighted by Gasteiger charge is -2.40. The average Bonchev–Trinajstić information content (AvgIpc) is 3.26. The first-order valence-electron chi connectivity index (χ1n) is 10.6. The monoisotopic (exact) mass is 483 g/mol. The van der Waals surface area contributed by atoms with Gasteiger partial charge in [0.2, 0.25) is 11.7 Å². The number of amides is 1. The first-order chi connectivity index (χ1) is 16.0. The zero-order valence-electron chi connectivity index (χ0n) is 18.7. The van der Waals surface area contributed by atoms with E-state index < -0.39 is 22.9 Å². The molecule has 34 heavy (non-hydrogen) atoms. The molecule has 0 radical (unpaired) electrons. The lowest BCUT2D eigenvalue weighted by atomic mass is 9.86. The van der Waals surface area contributed by atoms with Crippen molar-refractivity contribution in [2.75, 3.05) is 39.6 Å². The summed E-state index contributed by atoms with van der Waals surface area (Å²) in [6.07, 6.45) is -4.72. The fourth-order valence-corrected chi connectivity index (χ4v) is 3.55. The molecular formula is C22H24F3N3O6. The molecule has 9 nitrogen and oxygen atoms in total. The Balaban J connectivity index is 1.42. The molecule has 0 atom stereocenters. The number of hydrogen-bond donors (Lipinski definition) is 0. The third-order valence-corrected chi connectivity index (χ3v) is 5.83. The zero-order chi connectivity index (χ0) is 24.6. The van der Waals surface area contributed by atoms with Gasteiger partial charge >= 0.3 is 18.0 Å². The highest BCUT2D eigenvalue weighted by Crippen LogP contribution is 2.31. The topological polar surface area (TPSA) is 104 Å². The highest BCUT2D eigenvalue weighted by molar-refractivity contribution is 5.83. The van der Waals surface area contributed by atoms with Gasteiger partial charge in [-0.3, -0.25) is 9.59 Å². The molecule has 0 unspecified atom stereocenters. The quantitative estimate of drug-likeness (QED) is 0.528. The second-order valence-electron chi connectivity index (χ2n) is 9.09. The zero-order valence-corrected chi connectivity index (χ0v) is 18.7. The Hall–Kier alpha value is -2.99. The minimum Gasteiger partial charge on any atom is -0.463 e. The molecule has 2 aromatic rings. The van der Waals surface area contributed by atoms with Gasteiger partial charge in [-0.1, -0.05) is 29.4 Å². The van der Waals surface area contributed by atoms with Crippen molar-refractivity contribution >= 4 is 11.9 Å². The number of benzene rings is 1. The Labute approximate surface area is 193 Å². The Morgan fingerprint density at radius 1 is 1.06 bits per heavy atom. The van der Waals surface area contributed by atoms with E-state index in [1.54, 1.807) is 36.1 Å². The molecule has 1 amide bonds. The van der Waals surface area contributed by atoms with Crippen LogP contribution in [0.5, 0.6) is 0 Å². The number of carbonyl (C=O) groups is 2. The van der Waals surface area contributed by atoms with Crippen molar-refractivity contribution in [2.45, 2.75) is 26.6 Å². The molecular weight excluding hydrogens is 459 g/mol. The van der Waals surface area contributed by atoms with Gasteiger partial charge < -0.3 is 23.6 Å². The van der Waals surface area contributed by atoms with Gasteiger partial charge in [-0.2, -0.15) is 18.2 Å². The van der Waals surface area contributed by atoms with Gasteiger partial charge in [0.05, 0.1) is 38.4 Å². The van der Waals surface area contributed by atoms with Gasteiger partial charge in [-0.15, -0.1) is 0 Å². The number of carbonyl (C=O) groups excluding carboxylic acids is 2. The summed E-state index contributed by atoms with van der Waals surface area (Å²) in [5, 5.41) is 3.37. The minimum absolute atomic E-state index is 0.0261. The molecule has 0 saturated carbocycles. The summed E-state index contributed by atoms with van der Waals surface area (Å²) < 4.78 is 58.0. The number of halogens is 3. The number of aromatic nitrogens is 2. The van der Waals surface area contributed by atoms with Crippen LogP contribution in [0.3, 0.4) is 0 Å². The smallest absolute Gasteiger partial charge is 0.463 e. The van der Waals surface area contributed by atoms with E-state index in [1.165, 1.54) is 0 Å². The van der Waals surface area contributed by atoms with Gasteiger partial charge in [0.15, 0.2) is 0 Å². The summed E-state index contributed by atoms with van der Waals surface area (Å²) in [6.45, 7) is 5.21. The second-order valence-corrected chi connectivity index (χ2v) is 9.09. The van der Waals surface area contributed by atoms with Crippen LogP contribution in [0.25, 0.3) is 11.4 Å². The highest BCUT2D eigenvalue weighted by atomic mass is 19.4. The van der Waals surface area contributed by atoms with Crippen molar-refractivity contribution in [1.82, 2.24) is 15.0 Å². The van der Waals surface area contributed by atoms with Gasteiger partial charge in [-0.25, -0.2) is 0 Å². The SMILES string of the molecule is CC1(C(=O)OCCN(Cc2ccc(-c3noc(C(F)(F)F)n3)cc2)C(=O)C2(C)COC2)COC1. The summed E-state index contributed by atoms with van der Waals surface area (Å²) in [7, 11) is 0. The summed E-state index contributed by atoms with van der Waals surface area (Å²) in [5.41, 5.74) is -0.244. The van der Waals surface area contributed by atoms with Crippen LogP contribution in [0.4, 0.5) is 13.2 Å². The summed E-state index contributed by atoms with van der Waals surface area (Å²) in [6, 6.07) is 6.43. The van der Waals surface area contributed by atoms with Crippen molar-refractivity contribution in [3.8, 4) is 11.4 Å². The van der Waals surface area contributed by atoms with Crippen molar-refractivity contribution in [1.29, 1.82) is 0 Å². The minimum atomic E-state index is -4.72. The molecule has 2 aliphatic rings. The molecule has 0 spiro atoms. The lowest BCUT2D eigenvalue weighted by Crippen LogP contribution is -2.54. The largest absolute Gasteiger partial charge is 0.471 e. The fourth-order valence-electron chi connectivity index (χ4n) is 3.55. The molecule has 0 bridgehead atoms. The number of hydrogen-bond acceptors (Lipinski definition) is 8. The second kappa shape index (κ2) is 8.99. The van der Waals surface area contributed by atoms with Gasteiger partial charge in [0.1, 0.15) is 12.0 Å². The predicted molar refractivity (Wildman–Crippen MR) is 109 cm³/mol. The molecule has 2 aliphatic heterocycles. The highest BCUT2D eigenvalue weighted by Gasteiger charge is 2.45. The van der Waals surface area contributed by atoms with Gasteiger partial charge in [-0.05, 0) is 19.4 Å². The lowest BCUT2D eigenvalue weighted by molar-refractivity contribution is -0.184. The molecule has 2 saturated heterocycles. The van der Waals surface area contributed by atoms with Crippen LogP contribution in [0, 0.1) is 10.8 Å². The Morgan fingerprint density at radius 2 is 1.68 bits per heavy atom. The van der Waals surface area contributed by atoms with Crippen molar-refractivity contribution in [3.05, 3.63) is 35.7 Å². The molecule has 12 heteroatoms. The summed E-state index contributed by atoms with van der Waals surface area (Å²) in [4.78, 5) is 30.3. The predicted octanol–water partition coefficient (Wildman–Crippen LogP) is 2.70. The first-order valence-corrected chi connectivity index (χ1v) is 10.6. The molecule has 0 N–H and O–H groups in total. The van der Waals surface area contributed by atoms with Gasteiger partial charge in [0.25, 0.3) is 0 Å². The summed E-state index contributed by atoms with van der Waals surface area (Å²) >= 11 is 0. The molecule has 0 aliphatic carbocycles. The molecule has 2 fully saturated rings. The van der Waals surface area contributed by atoms with Crippen LogP contribution in [0.1, 0.15) is 25.3 Å². The maximum absolute atomic E-state index is 13.1. The third-order valence-electron chi connectivity index (χ3n) is 5.83. The van der Waals surface area contributed by atoms with Crippen LogP contribution in [0.2, 0.25) is 0 Å². The Morgan fingerprint density at radius 3 is 2.18 bits per heavy atom. The number of alkyl halides is 3. The van der Waals surface area contributed by atoms with Crippen molar-refractivity contribution in [3.63, 3.8) is 0 Å². The molecule has 1 aromatic heterocycles.